The second kappa shape index (κ2) is 7.73. The maximum absolute atomic E-state index is 12.9. The Balaban J connectivity index is 2.27. The molecule has 0 saturated carbocycles. The van der Waals surface area contributed by atoms with Crippen LogP contribution in [0.1, 0.15) is 20.8 Å². The van der Waals surface area contributed by atoms with Crippen LogP contribution in [0.15, 0.2) is 62.8 Å². The number of hydrogen-bond donors (Lipinski definition) is 1. The van der Waals surface area contributed by atoms with Gasteiger partial charge in [0.1, 0.15) is 4.75 Å². The van der Waals surface area contributed by atoms with Crippen LogP contribution in [0.5, 0.6) is 0 Å². The number of halogens is 1. The van der Waals surface area contributed by atoms with Gasteiger partial charge in [-0.1, -0.05) is 22.9 Å². The molecule has 0 atom stereocenters. The summed E-state index contributed by atoms with van der Waals surface area (Å²) in [6.45, 7) is 4.20. The zero-order valence-corrected chi connectivity index (χ0v) is 18.3. The van der Waals surface area contributed by atoms with E-state index >= 15 is 0 Å². The first kappa shape index (κ1) is 21.6. The van der Waals surface area contributed by atoms with Crippen molar-refractivity contribution in [3.8, 4) is 0 Å². The lowest BCUT2D eigenvalue weighted by Crippen LogP contribution is -2.44. The molecule has 2 rings (SSSR count). The number of anilines is 1. The Labute approximate surface area is 168 Å². The number of rotatable bonds is 6. The van der Waals surface area contributed by atoms with Crippen LogP contribution in [0.4, 0.5) is 5.69 Å². The van der Waals surface area contributed by atoms with Gasteiger partial charge in [-0.15, -0.1) is 0 Å². The predicted molar refractivity (Wildman–Crippen MR) is 108 cm³/mol. The lowest BCUT2D eigenvalue weighted by molar-refractivity contribution is -0.117. The van der Waals surface area contributed by atoms with Gasteiger partial charge in [0.15, 0.2) is 19.7 Å². The third-order valence-corrected chi connectivity index (χ3v) is 8.89. The second-order valence-electron chi connectivity index (χ2n) is 6.35. The maximum atomic E-state index is 12.9. The van der Waals surface area contributed by atoms with Gasteiger partial charge in [-0.25, -0.2) is 16.8 Å². The van der Waals surface area contributed by atoms with Gasteiger partial charge in [0, 0.05) is 10.2 Å². The number of nitrogens with one attached hydrogen (secondary N) is 1. The maximum Gasteiger partial charge on any atom is 0.245 e. The van der Waals surface area contributed by atoms with Crippen LogP contribution in [-0.4, -0.2) is 33.2 Å². The number of carbonyl (C=O) groups is 1. The zero-order valence-electron chi connectivity index (χ0n) is 15.1. The average Bonchev–Trinajstić information content (AvgIpc) is 2.62. The number of amides is 1. The molecule has 0 radical (unpaired) electrons. The molecule has 0 aliphatic heterocycles. The Morgan fingerprint density at radius 2 is 1.41 bits per heavy atom. The molecule has 9 heteroatoms. The van der Waals surface area contributed by atoms with Gasteiger partial charge < -0.3 is 5.32 Å². The molecule has 2 aromatic carbocycles. The standard InChI is InChI=1S/C18H20BrNO5S2/c1-4-26(22,23)15-11-7-14(8-12-15)20-17(21)18(2,3)27(24,25)16-9-5-13(19)6-10-16/h5-12H,4H2,1-3H3,(H,20,21). The summed E-state index contributed by atoms with van der Waals surface area (Å²) >= 11 is 3.24. The summed E-state index contributed by atoms with van der Waals surface area (Å²) in [7, 11) is -7.29. The molecule has 2 aromatic rings. The van der Waals surface area contributed by atoms with E-state index in [1.165, 1.54) is 50.2 Å². The third kappa shape index (κ3) is 4.41. The predicted octanol–water partition coefficient (Wildman–Crippen LogP) is 3.43. The Bertz CT molecular complexity index is 1040. The van der Waals surface area contributed by atoms with Crippen molar-refractivity contribution >= 4 is 47.2 Å². The zero-order chi connectivity index (χ0) is 20.5. The molecule has 0 saturated heterocycles. The highest BCUT2D eigenvalue weighted by Gasteiger charge is 2.42. The van der Waals surface area contributed by atoms with Crippen LogP contribution in [-0.2, 0) is 24.5 Å². The molecular weight excluding hydrogens is 454 g/mol. The first-order valence-corrected chi connectivity index (χ1v) is 12.0. The van der Waals surface area contributed by atoms with Crippen molar-refractivity contribution < 1.29 is 21.6 Å². The molecule has 0 bridgehead atoms. The molecule has 0 aromatic heterocycles. The third-order valence-electron chi connectivity index (χ3n) is 4.19. The van der Waals surface area contributed by atoms with E-state index in [-0.39, 0.29) is 15.5 Å². The molecule has 0 spiro atoms. The van der Waals surface area contributed by atoms with Gasteiger partial charge in [-0.2, -0.15) is 0 Å². The molecule has 0 heterocycles. The summed E-state index contributed by atoms with van der Waals surface area (Å²) in [6, 6.07) is 11.7. The molecular formula is C18H20BrNO5S2. The highest BCUT2D eigenvalue weighted by molar-refractivity contribution is 9.10. The second-order valence-corrected chi connectivity index (χ2v) is 12.0. The fraction of sp³-hybridized carbons (Fsp3) is 0.278. The molecule has 146 valence electrons. The van der Waals surface area contributed by atoms with Crippen molar-refractivity contribution in [2.75, 3.05) is 11.1 Å². The Hall–Kier alpha value is -1.71. The molecule has 0 unspecified atom stereocenters. The normalized spacial score (nSPS) is 12.6. The quantitative estimate of drug-likeness (QED) is 0.692. The minimum atomic E-state index is -3.94. The highest BCUT2D eigenvalue weighted by Crippen LogP contribution is 2.28. The van der Waals surface area contributed by atoms with Gasteiger partial charge in [-0.05, 0) is 62.4 Å². The van der Waals surface area contributed by atoms with Crippen LogP contribution in [0.2, 0.25) is 0 Å². The highest BCUT2D eigenvalue weighted by atomic mass is 79.9. The van der Waals surface area contributed by atoms with E-state index in [1.54, 1.807) is 19.1 Å². The van der Waals surface area contributed by atoms with Gasteiger partial charge in [0.2, 0.25) is 5.91 Å². The SMILES string of the molecule is CCS(=O)(=O)c1ccc(NC(=O)C(C)(C)S(=O)(=O)c2ccc(Br)cc2)cc1. The number of hydrogen-bond acceptors (Lipinski definition) is 5. The first-order valence-electron chi connectivity index (χ1n) is 8.06. The summed E-state index contributed by atoms with van der Waals surface area (Å²) < 4.78 is 48.4. The fourth-order valence-corrected chi connectivity index (χ4v) is 4.75. The fourth-order valence-electron chi connectivity index (χ4n) is 2.22. The Morgan fingerprint density at radius 3 is 1.89 bits per heavy atom. The average molecular weight is 474 g/mol. The Morgan fingerprint density at radius 1 is 0.926 bits per heavy atom. The van der Waals surface area contributed by atoms with E-state index in [9.17, 15) is 21.6 Å². The lowest BCUT2D eigenvalue weighted by Gasteiger charge is -2.24. The molecule has 6 nitrogen and oxygen atoms in total. The van der Waals surface area contributed by atoms with E-state index in [2.05, 4.69) is 21.2 Å². The van der Waals surface area contributed by atoms with E-state index in [0.29, 0.717) is 5.69 Å². The minimum absolute atomic E-state index is 0.0306. The van der Waals surface area contributed by atoms with Crippen LogP contribution in [0.25, 0.3) is 0 Å². The van der Waals surface area contributed by atoms with Crippen LogP contribution in [0, 0.1) is 0 Å². The molecule has 0 fully saturated rings. The molecule has 27 heavy (non-hydrogen) atoms. The number of benzene rings is 2. The molecule has 0 aliphatic rings. The van der Waals surface area contributed by atoms with Crippen LogP contribution >= 0.6 is 15.9 Å². The van der Waals surface area contributed by atoms with E-state index in [4.69, 9.17) is 0 Å². The summed E-state index contributed by atoms with van der Waals surface area (Å²) in [6.07, 6.45) is 0. The van der Waals surface area contributed by atoms with Crippen molar-refractivity contribution in [1.82, 2.24) is 0 Å². The van der Waals surface area contributed by atoms with E-state index in [1.807, 2.05) is 0 Å². The smallest absolute Gasteiger partial charge is 0.245 e. The summed E-state index contributed by atoms with van der Waals surface area (Å²) in [4.78, 5) is 12.8. The lowest BCUT2D eigenvalue weighted by atomic mass is 10.2. The van der Waals surface area contributed by atoms with Gasteiger partial charge in [-0.3, -0.25) is 4.79 Å². The van der Waals surface area contributed by atoms with Crippen molar-refractivity contribution in [2.45, 2.75) is 35.3 Å². The van der Waals surface area contributed by atoms with E-state index in [0.717, 1.165) is 4.47 Å². The largest absolute Gasteiger partial charge is 0.325 e. The molecule has 0 aliphatic carbocycles. The number of sulfone groups is 2. The van der Waals surface area contributed by atoms with Crippen molar-refractivity contribution in [3.05, 3.63) is 53.0 Å². The topological polar surface area (TPSA) is 97.4 Å². The van der Waals surface area contributed by atoms with Gasteiger partial charge >= 0.3 is 0 Å². The first-order chi connectivity index (χ1) is 12.4. The summed E-state index contributed by atoms with van der Waals surface area (Å²) in [5.74, 6) is -0.742. The van der Waals surface area contributed by atoms with E-state index < -0.39 is 30.3 Å². The Kier molecular flexibility index (Phi) is 6.18. The minimum Gasteiger partial charge on any atom is -0.325 e. The van der Waals surface area contributed by atoms with Gasteiger partial charge in [0.25, 0.3) is 0 Å². The summed E-state index contributed by atoms with van der Waals surface area (Å²) in [5, 5.41) is 2.54. The van der Waals surface area contributed by atoms with Gasteiger partial charge in [0.05, 0.1) is 15.5 Å². The van der Waals surface area contributed by atoms with Crippen LogP contribution < -0.4 is 5.32 Å². The van der Waals surface area contributed by atoms with Crippen molar-refractivity contribution in [1.29, 1.82) is 0 Å². The van der Waals surface area contributed by atoms with Crippen molar-refractivity contribution in [2.24, 2.45) is 0 Å². The molecule has 1 amide bonds. The summed E-state index contributed by atoms with van der Waals surface area (Å²) in [5.41, 5.74) is 0.314. The molecule has 1 N–H and O–H groups in total. The van der Waals surface area contributed by atoms with Crippen molar-refractivity contribution in [3.63, 3.8) is 0 Å². The number of carbonyl (C=O) groups excluding carboxylic acids is 1. The monoisotopic (exact) mass is 473 g/mol. The van der Waals surface area contributed by atoms with Crippen LogP contribution in [0.3, 0.4) is 0 Å².